The molecule has 15 aromatic carbocycles. The summed E-state index contributed by atoms with van der Waals surface area (Å²) in [5.74, 6) is -1.38. The van der Waals surface area contributed by atoms with Crippen LogP contribution in [0.25, 0.3) is 129 Å². The SMILES string of the molecule is CC(C)CC(C)N1C(=O)c2ccc3c4ccc5c6c(ccc(c7ccc(c2c37)C1=O)c64)C(=O)N(C(C)CC(C)C)C5=O.CC(C)CC(C)N1C(=O)c2ccc3c4ccc5c6c(ccc(c7ccc(c2c37)C1=S)c64)C(=O)N(C(C)CC(C)C)C5=S.CCC(N)CC(C)C.O=C1OC(=O)c2ccc3c4ccc5c6c(ccc(c7ccc1c2c73)c64)C(=O)OC5=O. The van der Waals surface area contributed by atoms with Gasteiger partial charge < -0.3 is 15.2 Å². The molecule has 2 N–H and O–H groups in total. The van der Waals surface area contributed by atoms with Gasteiger partial charge in [-0.25, -0.2) is 19.2 Å². The van der Waals surface area contributed by atoms with E-state index in [9.17, 15) is 47.9 Å². The summed E-state index contributed by atoms with van der Waals surface area (Å²) in [7, 11) is 0. The molecule has 0 aromatic heterocycles. The van der Waals surface area contributed by atoms with E-state index in [2.05, 4.69) is 126 Å². The van der Waals surface area contributed by atoms with Crippen LogP contribution in [0.2, 0.25) is 0 Å². The van der Waals surface area contributed by atoms with Crippen molar-refractivity contribution in [1.29, 1.82) is 0 Å². The Bertz CT molecular complexity index is 6190. The molecule has 6 heterocycles. The molecule has 15 aromatic rings. The van der Waals surface area contributed by atoms with Gasteiger partial charge in [0.15, 0.2) is 0 Å². The maximum Gasteiger partial charge on any atom is 0.346 e. The highest BCUT2D eigenvalue weighted by Crippen LogP contribution is 2.52. The number of rotatable bonds is 15. The minimum absolute atomic E-state index is 0.0153. The molecule has 6 aliphatic heterocycles. The van der Waals surface area contributed by atoms with Crippen molar-refractivity contribution in [3.05, 3.63) is 212 Å². The van der Waals surface area contributed by atoms with Gasteiger partial charge in [0.1, 0.15) is 9.98 Å². The molecule has 5 atom stereocenters. The summed E-state index contributed by atoms with van der Waals surface area (Å²) < 4.78 is 9.74. The maximum atomic E-state index is 13.9. The van der Waals surface area contributed by atoms with Crippen LogP contribution in [0.3, 0.4) is 0 Å². The van der Waals surface area contributed by atoms with Crippen LogP contribution in [-0.2, 0) is 9.47 Å². The number of carbonyl (C=O) groups is 10. The molecule has 21 rings (SSSR count). The lowest BCUT2D eigenvalue weighted by atomic mass is 9.82. The maximum absolute atomic E-state index is 13.9. The Morgan fingerprint density at radius 2 is 0.402 bits per heavy atom. The van der Waals surface area contributed by atoms with E-state index in [-0.39, 0.29) is 59.6 Å². The van der Waals surface area contributed by atoms with Crippen LogP contribution in [0.15, 0.2) is 146 Å². The summed E-state index contributed by atoms with van der Waals surface area (Å²) in [5.41, 5.74) is 12.5. The van der Waals surface area contributed by atoms with Gasteiger partial charge in [-0.1, -0.05) is 186 Å². The molecule has 6 aliphatic rings. The predicted octanol–water partition coefficient (Wildman–Crippen LogP) is 22.8. The van der Waals surface area contributed by atoms with Crippen molar-refractivity contribution >= 4 is 223 Å². The van der Waals surface area contributed by atoms with Crippen molar-refractivity contribution in [2.24, 2.45) is 35.3 Å². The fourth-order valence-electron chi connectivity index (χ4n) is 21.1. The van der Waals surface area contributed by atoms with Gasteiger partial charge in [-0.3, -0.25) is 48.4 Å². The van der Waals surface area contributed by atoms with Gasteiger partial charge in [0, 0.05) is 107 Å². The van der Waals surface area contributed by atoms with Gasteiger partial charge in [-0.2, -0.15) is 0 Å². The molecule has 5 unspecified atom stereocenters. The number of hydrogen-bond acceptors (Lipinski definition) is 15. The number of cyclic esters (lactones) is 4. The fourth-order valence-corrected chi connectivity index (χ4v) is 22.0. The molecule has 0 spiro atoms. The molecule has 614 valence electrons. The van der Waals surface area contributed by atoms with Gasteiger partial charge >= 0.3 is 23.9 Å². The first-order valence-corrected chi connectivity index (χ1v) is 43.4. The van der Waals surface area contributed by atoms with Crippen LogP contribution in [0, 0.1) is 29.6 Å². The topological polar surface area (TPSA) is 228 Å². The quantitative estimate of drug-likeness (QED) is 0.0251. The number of esters is 4. The Hall–Kier alpha value is -12.2. The first-order valence-electron chi connectivity index (χ1n) is 42.6. The number of hydrogen-bond donors (Lipinski definition) is 1. The molecular weight excluding hydrogens is 1560 g/mol. The molecule has 122 heavy (non-hydrogen) atoms. The van der Waals surface area contributed by atoms with Crippen LogP contribution >= 0.6 is 24.4 Å². The van der Waals surface area contributed by atoms with Gasteiger partial charge in [0.25, 0.3) is 35.4 Å². The molecule has 17 nitrogen and oxygen atoms in total. The van der Waals surface area contributed by atoms with Crippen molar-refractivity contribution in [2.75, 3.05) is 0 Å². The second-order valence-electron chi connectivity index (χ2n) is 36.4. The Morgan fingerprint density at radius 3 is 0.590 bits per heavy atom. The van der Waals surface area contributed by atoms with Crippen LogP contribution in [-0.4, -0.2) is 119 Å². The summed E-state index contributed by atoms with van der Waals surface area (Å²) >= 11 is 12.0. The third-order valence-corrected chi connectivity index (χ3v) is 26.7. The number of carbonyl (C=O) groups excluding carboxylic acids is 10. The van der Waals surface area contributed by atoms with E-state index >= 15 is 0 Å². The Balaban J connectivity index is 0.000000121. The van der Waals surface area contributed by atoms with Crippen LogP contribution < -0.4 is 5.73 Å². The number of benzene rings is 15. The Kier molecular flexibility index (Phi) is 19.8. The number of nitrogens with zero attached hydrogens (tertiary/aromatic N) is 4. The van der Waals surface area contributed by atoms with Gasteiger partial charge in [-0.05, 0) is 253 Å². The van der Waals surface area contributed by atoms with Gasteiger partial charge in [0.2, 0.25) is 0 Å². The summed E-state index contributed by atoms with van der Waals surface area (Å²) in [6.07, 6.45) is 5.51. The predicted molar refractivity (Wildman–Crippen MR) is 493 cm³/mol. The van der Waals surface area contributed by atoms with Crippen molar-refractivity contribution in [3.63, 3.8) is 0 Å². The van der Waals surface area contributed by atoms with Crippen molar-refractivity contribution in [3.8, 4) is 0 Å². The molecule has 6 amide bonds. The molecular formula is C103H93N5O12S2. The summed E-state index contributed by atoms with van der Waals surface area (Å²) in [6.45, 7) is 31.6. The number of amides is 6. The third kappa shape index (κ3) is 12.2. The smallest absolute Gasteiger partial charge is 0.346 e. The minimum Gasteiger partial charge on any atom is -0.386 e. The zero-order valence-electron chi connectivity index (χ0n) is 71.0. The largest absolute Gasteiger partial charge is 0.386 e. The lowest BCUT2D eigenvalue weighted by molar-refractivity contribution is 0.0373. The number of nitrogens with two attached hydrogens (primary N) is 1. The Morgan fingerprint density at radius 1 is 0.238 bits per heavy atom. The standard InChI is InChI=1S/C36H34N2O4.C36H34N2O2S2.C24H8O6.C7H17N/c1-17(2)15-19(5)37-33(39)25-11-7-21-23-9-13-27-32-28(36(42)38(35(27)41)20(6)16-18(3)4)14-10-24(30(23)32)22-8-12-26(34(37)40)31(25)29(21)22;1-17(2)15-19(5)37-33(39)25-11-7-21-24-10-14-28-32-26(34(40)38(36(28)42)20(6)16-18(3)4)12-8-22(30(24)32)23-9-13-27(35(37)41)31(25)29(21)23;25-21-13-5-1-9-10-2-6-15-20-16(24(28)30-23(15)27)8-4-12(18(10)20)11-3-7-14(22(26)29-21)19(13)17(9)11;1-4-7(8)5-6(2)3/h2*7-14,17-20H,15-16H2,1-6H3;1-8H;6-7H,4-5,8H2,1-3H3. The van der Waals surface area contributed by atoms with Crippen molar-refractivity contribution in [1.82, 2.24) is 19.6 Å². The van der Waals surface area contributed by atoms with Crippen molar-refractivity contribution < 1.29 is 57.4 Å². The van der Waals surface area contributed by atoms with Gasteiger partial charge in [0.05, 0.1) is 22.3 Å². The summed E-state index contributed by atoms with van der Waals surface area (Å²) in [6, 6.07) is 45.6. The average molecular weight is 1660 g/mol. The first-order chi connectivity index (χ1) is 58.2. The molecule has 0 bridgehead atoms. The van der Waals surface area contributed by atoms with Gasteiger partial charge in [-0.15, -0.1) is 0 Å². The van der Waals surface area contributed by atoms with Crippen molar-refractivity contribution in [2.45, 2.75) is 173 Å². The third-order valence-electron chi connectivity index (χ3n) is 25.9. The van der Waals surface area contributed by atoms with E-state index in [1.807, 2.05) is 109 Å². The molecule has 0 fully saturated rings. The molecule has 0 aliphatic carbocycles. The average Bonchev–Trinajstić information content (AvgIpc) is 0.690. The first kappa shape index (κ1) is 80.9. The zero-order chi connectivity index (χ0) is 86.4. The number of imide groups is 2. The van der Waals surface area contributed by atoms with Crippen LogP contribution in [0.4, 0.5) is 0 Å². The van der Waals surface area contributed by atoms with E-state index in [1.54, 1.807) is 24.3 Å². The van der Waals surface area contributed by atoms with E-state index < -0.39 is 23.9 Å². The number of thiocarbonyl (C=S) groups is 2. The van der Waals surface area contributed by atoms with Crippen LogP contribution in [0.1, 0.15) is 257 Å². The summed E-state index contributed by atoms with van der Waals surface area (Å²) in [4.78, 5) is 140. The summed E-state index contributed by atoms with van der Waals surface area (Å²) in [5, 5.41) is 21.0. The van der Waals surface area contributed by atoms with Crippen LogP contribution in [0.5, 0.6) is 0 Å². The molecule has 0 radical (unpaired) electrons. The minimum atomic E-state index is -0.666. The second kappa shape index (κ2) is 29.9. The highest BCUT2D eigenvalue weighted by molar-refractivity contribution is 7.81. The van der Waals surface area contributed by atoms with E-state index in [1.165, 1.54) is 9.80 Å². The van der Waals surface area contributed by atoms with E-state index in [0.29, 0.717) is 117 Å². The zero-order valence-corrected chi connectivity index (χ0v) is 72.6. The molecule has 0 saturated heterocycles. The van der Waals surface area contributed by atoms with E-state index in [4.69, 9.17) is 39.6 Å². The monoisotopic (exact) mass is 1660 g/mol. The lowest BCUT2D eigenvalue weighted by Crippen LogP contribution is -2.46. The van der Waals surface area contributed by atoms with E-state index in [0.717, 1.165) is 163 Å². The second-order valence-corrected chi connectivity index (χ2v) is 37.2. The lowest BCUT2D eigenvalue weighted by Gasteiger charge is -2.36. The number of ether oxygens (including phenoxy) is 2. The molecule has 0 saturated carbocycles. The fraction of sp³-hybridized carbons (Fsp3) is 0.301. The highest BCUT2D eigenvalue weighted by atomic mass is 32.1. The number of fused-ring (bicyclic) bond motifs is 6. The normalized spacial score (nSPS) is 16.4. The Labute approximate surface area is 715 Å². The molecule has 19 heteroatoms. The highest BCUT2D eigenvalue weighted by Gasteiger charge is 2.43.